The monoisotopic (exact) mass is 373 g/mol. The summed E-state index contributed by atoms with van der Waals surface area (Å²) >= 11 is 5.80. The van der Waals surface area contributed by atoms with Crippen LogP contribution in [0.5, 0.6) is 11.5 Å². The van der Waals surface area contributed by atoms with Crippen molar-refractivity contribution in [2.45, 2.75) is 13.1 Å². The molecule has 0 aromatic heterocycles. The predicted molar refractivity (Wildman–Crippen MR) is 88.2 cm³/mol. The van der Waals surface area contributed by atoms with Crippen molar-refractivity contribution < 1.29 is 27.4 Å². The largest absolute Gasteiger partial charge is 0.492 e. The van der Waals surface area contributed by atoms with Crippen molar-refractivity contribution in [2.24, 2.45) is 0 Å². The molecule has 0 aliphatic heterocycles. The molecule has 0 fully saturated rings. The number of rotatable bonds is 6. The standard InChI is InChI=1S/C17H15ClF3NO3/c1-2-24-15-7-6-11(17(19,20)21)8-14(15)22-16(23)10-25-13-5-3-4-12(18)9-13/h3-9H,2,10H2,1H3,(H,22,23). The van der Waals surface area contributed by atoms with Crippen molar-refractivity contribution in [2.75, 3.05) is 18.5 Å². The fourth-order valence-electron chi connectivity index (χ4n) is 1.98. The highest BCUT2D eigenvalue weighted by Gasteiger charge is 2.31. The molecule has 0 spiro atoms. The molecule has 2 rings (SSSR count). The molecule has 4 nitrogen and oxygen atoms in total. The van der Waals surface area contributed by atoms with Crippen molar-refractivity contribution >= 4 is 23.2 Å². The van der Waals surface area contributed by atoms with Crippen molar-refractivity contribution in [3.63, 3.8) is 0 Å². The Morgan fingerprint density at radius 3 is 2.56 bits per heavy atom. The summed E-state index contributed by atoms with van der Waals surface area (Å²) in [5.74, 6) is -0.108. The molecule has 0 aliphatic carbocycles. The molecule has 0 radical (unpaired) electrons. The Labute approximate surface area is 147 Å². The van der Waals surface area contributed by atoms with Gasteiger partial charge in [-0.2, -0.15) is 13.2 Å². The summed E-state index contributed by atoms with van der Waals surface area (Å²) in [5.41, 5.74) is -0.960. The van der Waals surface area contributed by atoms with E-state index in [0.29, 0.717) is 10.8 Å². The van der Waals surface area contributed by atoms with Crippen LogP contribution in [-0.2, 0) is 11.0 Å². The van der Waals surface area contributed by atoms with Gasteiger partial charge >= 0.3 is 6.18 Å². The van der Waals surface area contributed by atoms with Gasteiger partial charge < -0.3 is 14.8 Å². The van der Waals surface area contributed by atoms with Crippen molar-refractivity contribution in [3.8, 4) is 11.5 Å². The molecule has 0 unspecified atom stereocenters. The maximum Gasteiger partial charge on any atom is 0.416 e. The normalized spacial score (nSPS) is 11.1. The molecular weight excluding hydrogens is 359 g/mol. The maximum absolute atomic E-state index is 12.8. The lowest BCUT2D eigenvalue weighted by molar-refractivity contribution is -0.137. The van der Waals surface area contributed by atoms with Crippen LogP contribution < -0.4 is 14.8 Å². The number of halogens is 4. The first kappa shape index (κ1) is 18.9. The van der Waals surface area contributed by atoms with Gasteiger partial charge in [-0.05, 0) is 43.3 Å². The molecule has 1 N–H and O–H groups in total. The van der Waals surface area contributed by atoms with Gasteiger partial charge in [0.2, 0.25) is 0 Å². The highest BCUT2D eigenvalue weighted by molar-refractivity contribution is 6.30. The van der Waals surface area contributed by atoms with Gasteiger partial charge in [0.1, 0.15) is 11.5 Å². The third-order valence-electron chi connectivity index (χ3n) is 3.05. The van der Waals surface area contributed by atoms with Gasteiger partial charge in [-0.25, -0.2) is 0 Å². The van der Waals surface area contributed by atoms with E-state index in [2.05, 4.69) is 5.32 Å². The second kappa shape index (κ2) is 8.11. The quantitative estimate of drug-likeness (QED) is 0.793. The highest BCUT2D eigenvalue weighted by Crippen LogP contribution is 2.35. The summed E-state index contributed by atoms with van der Waals surface area (Å²) in [4.78, 5) is 12.0. The second-order valence-electron chi connectivity index (χ2n) is 4.94. The zero-order valence-corrected chi connectivity index (χ0v) is 13.9. The molecule has 2 aromatic rings. The topological polar surface area (TPSA) is 47.6 Å². The van der Waals surface area contributed by atoms with Crippen LogP contribution in [0.2, 0.25) is 5.02 Å². The second-order valence-corrected chi connectivity index (χ2v) is 5.37. The summed E-state index contributed by atoms with van der Waals surface area (Å²) in [6, 6.07) is 9.30. The summed E-state index contributed by atoms with van der Waals surface area (Å²) < 4.78 is 49.0. The van der Waals surface area contributed by atoms with Crippen molar-refractivity contribution in [1.82, 2.24) is 0 Å². The number of carbonyl (C=O) groups excluding carboxylic acids is 1. The SMILES string of the molecule is CCOc1ccc(C(F)(F)F)cc1NC(=O)COc1cccc(Cl)c1. The summed E-state index contributed by atoms with van der Waals surface area (Å²) in [7, 11) is 0. The number of carbonyl (C=O) groups is 1. The molecule has 0 saturated carbocycles. The first-order chi connectivity index (χ1) is 11.8. The van der Waals surface area contributed by atoms with E-state index < -0.39 is 17.6 Å². The van der Waals surface area contributed by atoms with Gasteiger partial charge in [-0.15, -0.1) is 0 Å². The third kappa shape index (κ3) is 5.56. The van der Waals surface area contributed by atoms with Crippen LogP contribution in [0, 0.1) is 0 Å². The van der Waals surface area contributed by atoms with Crippen LogP contribution in [-0.4, -0.2) is 19.1 Å². The molecule has 2 aromatic carbocycles. The van der Waals surface area contributed by atoms with E-state index in [4.69, 9.17) is 21.1 Å². The minimum Gasteiger partial charge on any atom is -0.492 e. The highest BCUT2D eigenvalue weighted by atomic mass is 35.5. The predicted octanol–water partition coefficient (Wildman–Crippen LogP) is 4.78. The Balaban J connectivity index is 2.10. The fraction of sp³-hybridized carbons (Fsp3) is 0.235. The van der Waals surface area contributed by atoms with E-state index in [-0.39, 0.29) is 24.7 Å². The Kier molecular flexibility index (Phi) is 6.14. The van der Waals surface area contributed by atoms with Gasteiger partial charge in [-0.3, -0.25) is 4.79 Å². The van der Waals surface area contributed by atoms with Crippen LogP contribution >= 0.6 is 11.6 Å². The maximum atomic E-state index is 12.8. The average Bonchev–Trinajstić information content (AvgIpc) is 2.54. The molecule has 0 saturated heterocycles. The molecule has 25 heavy (non-hydrogen) atoms. The number of alkyl halides is 3. The minimum atomic E-state index is -4.53. The molecule has 0 aliphatic rings. The number of hydrogen-bond donors (Lipinski definition) is 1. The Bertz CT molecular complexity index is 750. The zero-order chi connectivity index (χ0) is 18.4. The van der Waals surface area contributed by atoms with Crippen molar-refractivity contribution in [1.29, 1.82) is 0 Å². The van der Waals surface area contributed by atoms with Gasteiger partial charge in [0.15, 0.2) is 6.61 Å². The smallest absolute Gasteiger partial charge is 0.416 e. The van der Waals surface area contributed by atoms with Crippen LogP contribution in [0.25, 0.3) is 0 Å². The van der Waals surface area contributed by atoms with Gasteiger partial charge in [0.25, 0.3) is 5.91 Å². The molecule has 0 atom stereocenters. The molecule has 134 valence electrons. The number of amides is 1. The van der Waals surface area contributed by atoms with Crippen LogP contribution in [0.15, 0.2) is 42.5 Å². The molecule has 0 heterocycles. The minimum absolute atomic E-state index is 0.0728. The van der Waals surface area contributed by atoms with E-state index in [1.54, 1.807) is 25.1 Å². The van der Waals surface area contributed by atoms with Crippen LogP contribution in [0.3, 0.4) is 0 Å². The first-order valence-corrected chi connectivity index (χ1v) is 7.69. The molecule has 1 amide bonds. The number of hydrogen-bond acceptors (Lipinski definition) is 3. The van der Waals surface area contributed by atoms with Gasteiger partial charge in [-0.1, -0.05) is 17.7 Å². The lowest BCUT2D eigenvalue weighted by Crippen LogP contribution is -2.21. The van der Waals surface area contributed by atoms with Crippen LogP contribution in [0.1, 0.15) is 12.5 Å². The Hall–Kier alpha value is -2.41. The number of ether oxygens (including phenoxy) is 2. The lowest BCUT2D eigenvalue weighted by atomic mass is 10.1. The Morgan fingerprint density at radius 2 is 1.92 bits per heavy atom. The van der Waals surface area contributed by atoms with E-state index in [1.807, 2.05) is 0 Å². The van der Waals surface area contributed by atoms with Gasteiger partial charge in [0, 0.05) is 5.02 Å². The lowest BCUT2D eigenvalue weighted by Gasteiger charge is -2.15. The molecule has 0 bridgehead atoms. The average molecular weight is 374 g/mol. The summed E-state index contributed by atoms with van der Waals surface area (Å²) in [5, 5.41) is 2.81. The fourth-order valence-corrected chi connectivity index (χ4v) is 2.16. The number of benzene rings is 2. The van der Waals surface area contributed by atoms with E-state index in [0.717, 1.165) is 12.1 Å². The van der Waals surface area contributed by atoms with E-state index >= 15 is 0 Å². The van der Waals surface area contributed by atoms with E-state index in [1.165, 1.54) is 12.1 Å². The molecule has 8 heteroatoms. The van der Waals surface area contributed by atoms with E-state index in [9.17, 15) is 18.0 Å². The third-order valence-corrected chi connectivity index (χ3v) is 3.28. The Morgan fingerprint density at radius 1 is 1.16 bits per heavy atom. The van der Waals surface area contributed by atoms with Crippen molar-refractivity contribution in [3.05, 3.63) is 53.1 Å². The summed E-state index contributed by atoms with van der Waals surface area (Å²) in [6.45, 7) is 1.54. The van der Waals surface area contributed by atoms with Gasteiger partial charge in [0.05, 0.1) is 17.9 Å². The van der Waals surface area contributed by atoms with Crippen LogP contribution in [0.4, 0.5) is 18.9 Å². The first-order valence-electron chi connectivity index (χ1n) is 7.32. The number of anilines is 1. The molecular formula is C17H15ClF3NO3. The summed E-state index contributed by atoms with van der Waals surface area (Å²) in [6.07, 6.45) is -4.53. The zero-order valence-electron chi connectivity index (χ0n) is 13.2. The number of nitrogens with one attached hydrogen (secondary N) is 1.